The number of amides is 1. The highest BCUT2D eigenvalue weighted by Crippen LogP contribution is 2.32. The highest BCUT2D eigenvalue weighted by Gasteiger charge is 2.17. The number of carbonyl (C=O) groups is 1. The van der Waals surface area contributed by atoms with Gasteiger partial charge in [-0.1, -0.05) is 30.3 Å². The van der Waals surface area contributed by atoms with Crippen LogP contribution in [-0.4, -0.2) is 10.9 Å². The molecule has 3 aromatic rings. The molecule has 3 N–H and O–H groups in total. The fourth-order valence-electron chi connectivity index (χ4n) is 2.25. The van der Waals surface area contributed by atoms with Crippen LogP contribution in [-0.2, 0) is 0 Å². The van der Waals surface area contributed by atoms with Crippen LogP contribution in [0.15, 0.2) is 48.5 Å². The average Bonchev–Trinajstić information content (AvgIpc) is 2.78. The molecule has 0 saturated heterocycles. The second kappa shape index (κ2) is 4.24. The summed E-state index contributed by atoms with van der Waals surface area (Å²) in [5.74, 6) is -0.907. The van der Waals surface area contributed by atoms with Crippen LogP contribution in [0.25, 0.3) is 22.0 Å². The first kappa shape index (κ1) is 11.5. The topological polar surface area (TPSA) is 58.9 Å². The maximum absolute atomic E-state index is 13.4. The van der Waals surface area contributed by atoms with Crippen molar-refractivity contribution >= 4 is 16.8 Å². The highest BCUT2D eigenvalue weighted by atomic mass is 19.1. The summed E-state index contributed by atoms with van der Waals surface area (Å²) in [6, 6.07) is 13.7. The Hall–Kier alpha value is -2.62. The number of nitrogens with two attached hydrogens (primary N) is 1. The maximum atomic E-state index is 13.4. The van der Waals surface area contributed by atoms with Crippen LogP contribution in [0.5, 0.6) is 0 Å². The quantitative estimate of drug-likeness (QED) is 0.725. The lowest BCUT2D eigenvalue weighted by Crippen LogP contribution is -2.12. The Morgan fingerprint density at radius 1 is 1.11 bits per heavy atom. The molecular weight excluding hydrogens is 243 g/mol. The molecule has 0 saturated carbocycles. The minimum atomic E-state index is -0.560. The van der Waals surface area contributed by atoms with E-state index >= 15 is 0 Å². The van der Waals surface area contributed by atoms with Crippen LogP contribution in [0.3, 0.4) is 0 Å². The molecule has 4 heteroatoms. The third-order valence-corrected chi connectivity index (χ3v) is 3.07. The van der Waals surface area contributed by atoms with Gasteiger partial charge >= 0.3 is 0 Å². The summed E-state index contributed by atoms with van der Waals surface area (Å²) < 4.78 is 13.4. The Morgan fingerprint density at radius 3 is 2.53 bits per heavy atom. The Morgan fingerprint density at radius 2 is 1.84 bits per heavy atom. The Kier molecular flexibility index (Phi) is 2.56. The number of hydrogen-bond acceptors (Lipinski definition) is 1. The molecule has 0 fully saturated rings. The molecule has 3 nitrogen and oxygen atoms in total. The number of benzene rings is 2. The molecule has 19 heavy (non-hydrogen) atoms. The Bertz CT molecular complexity index is 762. The Labute approximate surface area is 108 Å². The summed E-state index contributed by atoms with van der Waals surface area (Å²) in [5, 5.41) is 0.653. The number of aromatic nitrogens is 1. The van der Waals surface area contributed by atoms with Crippen molar-refractivity contribution in [2.45, 2.75) is 0 Å². The number of fused-ring (bicyclic) bond motifs is 1. The second-order valence-electron chi connectivity index (χ2n) is 4.30. The molecule has 1 heterocycles. The van der Waals surface area contributed by atoms with E-state index in [1.54, 1.807) is 6.07 Å². The zero-order valence-electron chi connectivity index (χ0n) is 9.98. The van der Waals surface area contributed by atoms with Gasteiger partial charge in [0.15, 0.2) is 0 Å². The maximum Gasteiger partial charge on any atom is 0.265 e. The third kappa shape index (κ3) is 1.87. The number of carbonyl (C=O) groups excluding carboxylic acids is 1. The largest absolute Gasteiger partial charge is 0.364 e. The monoisotopic (exact) mass is 254 g/mol. The van der Waals surface area contributed by atoms with Gasteiger partial charge in [0, 0.05) is 16.5 Å². The fourth-order valence-corrected chi connectivity index (χ4v) is 2.25. The van der Waals surface area contributed by atoms with E-state index in [0.29, 0.717) is 22.2 Å². The number of rotatable bonds is 2. The molecule has 0 aliphatic carbocycles. The smallest absolute Gasteiger partial charge is 0.265 e. The number of H-pyrrole nitrogens is 1. The van der Waals surface area contributed by atoms with Crippen molar-refractivity contribution in [2.24, 2.45) is 5.73 Å². The summed E-state index contributed by atoms with van der Waals surface area (Å²) in [4.78, 5) is 14.5. The van der Waals surface area contributed by atoms with Crippen LogP contribution in [0.1, 0.15) is 10.5 Å². The number of primary amides is 1. The van der Waals surface area contributed by atoms with Crippen LogP contribution in [0.2, 0.25) is 0 Å². The van der Waals surface area contributed by atoms with Crippen molar-refractivity contribution in [1.29, 1.82) is 0 Å². The molecule has 94 valence electrons. The summed E-state index contributed by atoms with van der Waals surface area (Å²) in [6.07, 6.45) is 0. The minimum Gasteiger partial charge on any atom is -0.364 e. The summed E-state index contributed by atoms with van der Waals surface area (Å²) in [6.45, 7) is 0. The van der Waals surface area contributed by atoms with Crippen molar-refractivity contribution in [1.82, 2.24) is 4.98 Å². The first-order valence-corrected chi connectivity index (χ1v) is 5.83. The molecule has 3 rings (SSSR count). The SMILES string of the molecule is NC(=O)c1[nH]c2ccc(F)cc2c1-c1ccccc1. The molecule has 0 aliphatic heterocycles. The first-order valence-electron chi connectivity index (χ1n) is 5.83. The lowest BCUT2D eigenvalue weighted by molar-refractivity contribution is 0.0997. The molecule has 0 unspecified atom stereocenters. The van der Waals surface area contributed by atoms with Gasteiger partial charge in [0.1, 0.15) is 11.5 Å². The molecule has 1 aromatic heterocycles. The number of nitrogens with one attached hydrogen (secondary N) is 1. The van der Waals surface area contributed by atoms with E-state index in [1.165, 1.54) is 12.1 Å². The molecule has 1 amide bonds. The highest BCUT2D eigenvalue weighted by molar-refractivity contribution is 6.09. The standard InChI is InChI=1S/C15H11FN2O/c16-10-6-7-12-11(8-10)13(14(18-12)15(17)19)9-4-2-1-3-5-9/h1-8,18H,(H2,17,19). The van der Waals surface area contributed by atoms with Gasteiger partial charge in [0.05, 0.1) is 0 Å². The van der Waals surface area contributed by atoms with Gasteiger partial charge in [-0.2, -0.15) is 0 Å². The van der Waals surface area contributed by atoms with Gasteiger partial charge in [-0.3, -0.25) is 4.79 Å². The van der Waals surface area contributed by atoms with Crippen LogP contribution >= 0.6 is 0 Å². The Balaban J connectivity index is 2.40. The van der Waals surface area contributed by atoms with Crippen molar-refractivity contribution in [2.75, 3.05) is 0 Å². The van der Waals surface area contributed by atoms with E-state index in [0.717, 1.165) is 5.56 Å². The van der Waals surface area contributed by atoms with E-state index in [1.807, 2.05) is 30.3 Å². The second-order valence-corrected chi connectivity index (χ2v) is 4.30. The van der Waals surface area contributed by atoms with Gasteiger partial charge in [-0.25, -0.2) is 4.39 Å². The lowest BCUT2D eigenvalue weighted by atomic mass is 10.0. The van der Waals surface area contributed by atoms with Crippen molar-refractivity contribution in [3.63, 3.8) is 0 Å². The van der Waals surface area contributed by atoms with Gasteiger partial charge in [-0.05, 0) is 23.8 Å². The fraction of sp³-hybridized carbons (Fsp3) is 0. The number of aromatic amines is 1. The third-order valence-electron chi connectivity index (χ3n) is 3.07. The van der Waals surface area contributed by atoms with Crippen molar-refractivity contribution in [3.05, 3.63) is 60.0 Å². The van der Waals surface area contributed by atoms with Crippen molar-refractivity contribution in [3.8, 4) is 11.1 Å². The molecule has 0 bridgehead atoms. The van der Waals surface area contributed by atoms with Crippen LogP contribution < -0.4 is 5.73 Å². The molecule has 2 aromatic carbocycles. The van der Waals surface area contributed by atoms with Gasteiger partial charge < -0.3 is 10.7 Å². The van der Waals surface area contributed by atoms with E-state index in [9.17, 15) is 9.18 Å². The predicted molar refractivity (Wildman–Crippen MR) is 72.2 cm³/mol. The first-order chi connectivity index (χ1) is 9.16. The van der Waals surface area contributed by atoms with Crippen molar-refractivity contribution < 1.29 is 9.18 Å². The number of hydrogen-bond donors (Lipinski definition) is 2. The van der Waals surface area contributed by atoms with E-state index in [2.05, 4.69) is 4.98 Å². The van der Waals surface area contributed by atoms with E-state index in [4.69, 9.17) is 5.73 Å². The van der Waals surface area contributed by atoms with E-state index in [-0.39, 0.29) is 5.82 Å². The molecule has 0 radical (unpaired) electrons. The number of halogens is 1. The van der Waals surface area contributed by atoms with Gasteiger partial charge in [-0.15, -0.1) is 0 Å². The molecule has 0 spiro atoms. The average molecular weight is 254 g/mol. The van der Waals surface area contributed by atoms with Crippen LogP contribution in [0.4, 0.5) is 4.39 Å². The van der Waals surface area contributed by atoms with Crippen LogP contribution in [0, 0.1) is 5.82 Å². The zero-order chi connectivity index (χ0) is 13.4. The van der Waals surface area contributed by atoms with Gasteiger partial charge in [0.2, 0.25) is 0 Å². The normalized spacial score (nSPS) is 10.8. The predicted octanol–water partition coefficient (Wildman–Crippen LogP) is 3.07. The lowest BCUT2D eigenvalue weighted by Gasteiger charge is -2.02. The summed E-state index contributed by atoms with van der Waals surface area (Å²) >= 11 is 0. The molecule has 0 aliphatic rings. The molecular formula is C15H11FN2O. The van der Waals surface area contributed by atoms with E-state index < -0.39 is 5.91 Å². The minimum absolute atomic E-state index is 0.298. The zero-order valence-corrected chi connectivity index (χ0v) is 9.98. The molecule has 0 atom stereocenters. The van der Waals surface area contributed by atoms with Gasteiger partial charge in [0.25, 0.3) is 5.91 Å². The summed E-state index contributed by atoms with van der Waals surface area (Å²) in [5.41, 5.74) is 7.85. The summed E-state index contributed by atoms with van der Waals surface area (Å²) in [7, 11) is 0.